The Morgan fingerprint density at radius 3 is 2.26 bits per heavy atom. The van der Waals surface area contributed by atoms with Crippen molar-refractivity contribution in [3.05, 3.63) is 65.7 Å². The highest BCUT2D eigenvalue weighted by Crippen LogP contribution is 2.43. The minimum atomic E-state index is 0.0872. The van der Waals surface area contributed by atoms with Crippen LogP contribution in [0.4, 0.5) is 11.4 Å². The van der Waals surface area contributed by atoms with Gasteiger partial charge >= 0.3 is 0 Å². The molecule has 3 rings (SSSR count). The third-order valence-electron chi connectivity index (χ3n) is 5.46. The van der Waals surface area contributed by atoms with Crippen LogP contribution in [0.1, 0.15) is 18.1 Å². The summed E-state index contributed by atoms with van der Waals surface area (Å²) in [5.74, 6) is 0. The summed E-state index contributed by atoms with van der Waals surface area (Å²) >= 11 is 0. The third kappa shape index (κ3) is 2.68. The Kier molecular flexibility index (Phi) is 3.81. The van der Waals surface area contributed by atoms with E-state index in [1.54, 1.807) is 0 Å². The van der Waals surface area contributed by atoms with E-state index in [1.807, 2.05) is 0 Å². The molecule has 0 N–H and O–H groups in total. The second-order valence-corrected chi connectivity index (χ2v) is 7.44. The average Bonchev–Trinajstić information content (AvgIpc) is 2.73. The maximum Gasteiger partial charge on any atom is 0.136 e. The van der Waals surface area contributed by atoms with Gasteiger partial charge in [0.15, 0.2) is 0 Å². The topological polar surface area (TPSA) is 3.24 Å². The van der Waals surface area contributed by atoms with E-state index < -0.39 is 0 Å². The molecule has 2 nitrogen and oxygen atoms in total. The van der Waals surface area contributed by atoms with E-state index in [0.717, 1.165) is 10.9 Å². The lowest BCUT2D eigenvalue weighted by molar-refractivity contribution is 0.256. The van der Waals surface area contributed by atoms with Crippen molar-refractivity contribution in [2.75, 3.05) is 33.1 Å². The number of rotatable bonds is 3. The van der Waals surface area contributed by atoms with Crippen molar-refractivity contribution in [1.29, 1.82) is 0 Å². The van der Waals surface area contributed by atoms with Gasteiger partial charge in [0.25, 0.3) is 0 Å². The summed E-state index contributed by atoms with van der Waals surface area (Å²) in [5, 5.41) is 0. The maximum atomic E-state index is 2.39. The van der Waals surface area contributed by atoms with Crippen LogP contribution in [-0.2, 0) is 6.42 Å². The molecule has 2 heteroatoms. The van der Waals surface area contributed by atoms with E-state index in [0.29, 0.717) is 0 Å². The maximum absolute atomic E-state index is 2.39. The number of quaternary nitrogens is 1. The summed E-state index contributed by atoms with van der Waals surface area (Å²) in [5.41, 5.74) is 5.48. The van der Waals surface area contributed by atoms with E-state index in [1.165, 1.54) is 22.5 Å². The van der Waals surface area contributed by atoms with Gasteiger partial charge in [-0.05, 0) is 36.8 Å². The normalized spacial score (nSPS) is 22.3. The van der Waals surface area contributed by atoms with E-state index in [9.17, 15) is 0 Å². The molecule has 0 saturated carbocycles. The van der Waals surface area contributed by atoms with Crippen molar-refractivity contribution in [3.8, 4) is 0 Å². The van der Waals surface area contributed by atoms with E-state index in [4.69, 9.17) is 0 Å². The Balaban J connectivity index is 1.87. The fourth-order valence-corrected chi connectivity index (χ4v) is 3.47. The molecule has 0 amide bonds. The van der Waals surface area contributed by atoms with Crippen molar-refractivity contribution in [2.24, 2.45) is 0 Å². The smallest absolute Gasteiger partial charge is 0.136 e. The molecule has 0 fully saturated rings. The number of likely N-dealkylation sites (N-methyl/N-ethyl adjacent to an activating group) is 1. The van der Waals surface area contributed by atoms with E-state index in [2.05, 4.69) is 101 Å². The number of hydrogen-bond acceptors (Lipinski definition) is 1. The van der Waals surface area contributed by atoms with Crippen molar-refractivity contribution < 1.29 is 0 Å². The molecule has 1 aliphatic heterocycles. The predicted molar refractivity (Wildman–Crippen MR) is 102 cm³/mol. The molecule has 1 unspecified atom stereocenters. The van der Waals surface area contributed by atoms with Gasteiger partial charge < -0.3 is 4.90 Å². The van der Waals surface area contributed by atoms with Crippen LogP contribution in [0, 0.1) is 0 Å². The van der Waals surface area contributed by atoms with Crippen molar-refractivity contribution in [1.82, 2.24) is 4.48 Å². The zero-order chi connectivity index (χ0) is 16.7. The number of benzene rings is 2. The zero-order valence-corrected chi connectivity index (χ0v) is 14.9. The molecule has 0 aromatic heterocycles. The predicted octanol–water partition coefficient (Wildman–Crippen LogP) is 4.35. The Morgan fingerprint density at radius 2 is 1.65 bits per heavy atom. The molecule has 0 spiro atoms. The number of anilines is 1. The molecular formula is C21H27N2+. The molecule has 120 valence electrons. The molecule has 1 atom stereocenters. The highest BCUT2D eigenvalue weighted by molar-refractivity contribution is 5.62. The number of para-hydroxylation sites is 1. The molecule has 0 saturated heterocycles. The van der Waals surface area contributed by atoms with Crippen molar-refractivity contribution in [2.45, 2.75) is 18.9 Å². The van der Waals surface area contributed by atoms with Gasteiger partial charge in [-0.25, -0.2) is 0 Å². The SMILES string of the molecule is CN(C)c1ccc(C=CC2(C)Cc3ccccc3[N+]2(C)C)cc1. The third-order valence-corrected chi connectivity index (χ3v) is 5.46. The van der Waals surface area contributed by atoms with Crippen LogP contribution in [0.25, 0.3) is 6.08 Å². The largest absolute Gasteiger partial charge is 0.378 e. The van der Waals surface area contributed by atoms with Crippen LogP contribution in [0.5, 0.6) is 0 Å². The quantitative estimate of drug-likeness (QED) is 0.762. The van der Waals surface area contributed by atoms with Crippen LogP contribution in [0.15, 0.2) is 54.6 Å². The zero-order valence-electron chi connectivity index (χ0n) is 14.9. The molecule has 0 aliphatic carbocycles. The Bertz CT molecular complexity index is 726. The molecule has 23 heavy (non-hydrogen) atoms. The first-order valence-corrected chi connectivity index (χ1v) is 8.23. The van der Waals surface area contributed by atoms with Crippen LogP contribution >= 0.6 is 0 Å². The number of fused-ring (bicyclic) bond motifs is 1. The van der Waals surface area contributed by atoms with Gasteiger partial charge in [0.1, 0.15) is 11.2 Å². The lowest BCUT2D eigenvalue weighted by atomic mass is 9.94. The summed E-state index contributed by atoms with van der Waals surface area (Å²) in [7, 11) is 8.76. The number of hydrogen-bond donors (Lipinski definition) is 0. The van der Waals surface area contributed by atoms with Crippen molar-refractivity contribution >= 4 is 17.5 Å². The Morgan fingerprint density at radius 1 is 1.00 bits per heavy atom. The fraction of sp³-hybridized carbons (Fsp3) is 0.333. The highest BCUT2D eigenvalue weighted by atomic mass is 15.4. The van der Waals surface area contributed by atoms with Crippen LogP contribution in [0.2, 0.25) is 0 Å². The van der Waals surface area contributed by atoms with Gasteiger partial charge in [0, 0.05) is 31.8 Å². The first kappa shape index (κ1) is 15.8. The fourth-order valence-electron chi connectivity index (χ4n) is 3.47. The van der Waals surface area contributed by atoms with Gasteiger partial charge in [-0.3, -0.25) is 4.48 Å². The highest BCUT2D eigenvalue weighted by Gasteiger charge is 2.48. The standard InChI is InChI=1S/C21H27N2/c1-21(15-14-17-10-12-19(13-11-17)22(2)3)16-18-8-6-7-9-20(18)23(21,4)5/h6-15H,16H2,1-5H3/q+1. The summed E-state index contributed by atoms with van der Waals surface area (Å²) < 4.78 is 0.898. The van der Waals surface area contributed by atoms with E-state index in [-0.39, 0.29) is 5.54 Å². The first-order valence-electron chi connectivity index (χ1n) is 8.23. The molecule has 2 aromatic rings. The Hall–Kier alpha value is -2.06. The van der Waals surface area contributed by atoms with Gasteiger partial charge in [0.2, 0.25) is 0 Å². The number of nitrogens with zero attached hydrogens (tertiary/aromatic N) is 2. The van der Waals surface area contributed by atoms with Crippen LogP contribution in [-0.4, -0.2) is 33.7 Å². The van der Waals surface area contributed by atoms with Crippen LogP contribution < -0.4 is 9.38 Å². The summed E-state index contributed by atoms with van der Waals surface area (Å²) in [6.45, 7) is 2.36. The first-order chi connectivity index (χ1) is 10.8. The molecule has 1 heterocycles. The molecular weight excluding hydrogens is 280 g/mol. The average molecular weight is 307 g/mol. The Labute approximate surface area is 140 Å². The summed E-state index contributed by atoms with van der Waals surface area (Å²) in [6.07, 6.45) is 5.74. The second kappa shape index (κ2) is 5.54. The lowest BCUT2D eigenvalue weighted by Crippen LogP contribution is -2.55. The monoisotopic (exact) mass is 307 g/mol. The summed E-state index contributed by atoms with van der Waals surface area (Å²) in [6, 6.07) is 17.6. The molecule has 0 bridgehead atoms. The van der Waals surface area contributed by atoms with Gasteiger partial charge in [-0.15, -0.1) is 0 Å². The van der Waals surface area contributed by atoms with Gasteiger partial charge in [-0.2, -0.15) is 0 Å². The molecule has 2 aromatic carbocycles. The van der Waals surface area contributed by atoms with Gasteiger partial charge in [-0.1, -0.05) is 36.4 Å². The molecule has 1 aliphatic rings. The van der Waals surface area contributed by atoms with Crippen LogP contribution in [0.3, 0.4) is 0 Å². The minimum absolute atomic E-state index is 0.0872. The van der Waals surface area contributed by atoms with Gasteiger partial charge in [0.05, 0.1) is 14.1 Å². The molecule has 0 radical (unpaired) electrons. The minimum Gasteiger partial charge on any atom is -0.378 e. The lowest BCUT2D eigenvalue weighted by Gasteiger charge is -2.39. The van der Waals surface area contributed by atoms with E-state index >= 15 is 0 Å². The van der Waals surface area contributed by atoms with Crippen molar-refractivity contribution in [3.63, 3.8) is 0 Å². The second-order valence-electron chi connectivity index (χ2n) is 7.44. The summed E-state index contributed by atoms with van der Waals surface area (Å²) in [4.78, 5) is 2.13.